The SMILES string of the molecule is [B]c1c(C)csc1C(=O)OC. The van der Waals surface area contributed by atoms with E-state index in [1.165, 1.54) is 18.4 Å². The van der Waals surface area contributed by atoms with Crippen LogP contribution in [0.15, 0.2) is 5.38 Å². The van der Waals surface area contributed by atoms with Gasteiger partial charge in [-0.2, -0.15) is 0 Å². The van der Waals surface area contributed by atoms with E-state index in [4.69, 9.17) is 7.85 Å². The second-order valence-electron chi connectivity index (χ2n) is 2.15. The van der Waals surface area contributed by atoms with Crippen LogP contribution < -0.4 is 5.46 Å². The van der Waals surface area contributed by atoms with E-state index in [9.17, 15) is 4.79 Å². The van der Waals surface area contributed by atoms with E-state index >= 15 is 0 Å². The number of thiophene rings is 1. The highest BCUT2D eigenvalue weighted by molar-refractivity contribution is 7.13. The molecule has 1 heterocycles. The molecule has 2 nitrogen and oxygen atoms in total. The summed E-state index contributed by atoms with van der Waals surface area (Å²) in [5, 5.41) is 1.83. The van der Waals surface area contributed by atoms with E-state index in [0.717, 1.165) is 5.56 Å². The van der Waals surface area contributed by atoms with Gasteiger partial charge in [-0.15, -0.1) is 11.3 Å². The van der Waals surface area contributed by atoms with Crippen molar-refractivity contribution in [3.05, 3.63) is 15.8 Å². The second kappa shape index (κ2) is 3.09. The van der Waals surface area contributed by atoms with Crippen molar-refractivity contribution in [1.29, 1.82) is 0 Å². The van der Waals surface area contributed by atoms with Gasteiger partial charge in [0.1, 0.15) is 12.7 Å². The Bertz CT molecular complexity index is 280. The molecule has 0 atom stereocenters. The zero-order valence-electron chi connectivity index (χ0n) is 6.38. The predicted octanol–water partition coefficient (Wildman–Crippen LogP) is 0.637. The van der Waals surface area contributed by atoms with Gasteiger partial charge in [0.05, 0.1) is 7.11 Å². The third-order valence-electron chi connectivity index (χ3n) is 1.39. The fourth-order valence-corrected chi connectivity index (χ4v) is 1.59. The average Bonchev–Trinajstić information content (AvgIpc) is 2.32. The zero-order chi connectivity index (χ0) is 8.43. The fourth-order valence-electron chi connectivity index (χ4n) is 0.704. The van der Waals surface area contributed by atoms with E-state index < -0.39 is 0 Å². The highest BCUT2D eigenvalue weighted by Gasteiger charge is 2.11. The molecular weight excluding hydrogens is 159 g/mol. The van der Waals surface area contributed by atoms with Crippen molar-refractivity contribution < 1.29 is 9.53 Å². The molecule has 0 aliphatic heterocycles. The number of hydrogen-bond donors (Lipinski definition) is 0. The summed E-state index contributed by atoms with van der Waals surface area (Å²) in [6.45, 7) is 1.86. The highest BCUT2D eigenvalue weighted by atomic mass is 32.1. The van der Waals surface area contributed by atoms with E-state index in [1.807, 2.05) is 12.3 Å². The number of ether oxygens (including phenoxy) is 1. The Labute approximate surface area is 70.6 Å². The lowest BCUT2D eigenvalue weighted by Crippen LogP contribution is -2.14. The Hall–Kier alpha value is -0.765. The molecule has 0 bridgehead atoms. The monoisotopic (exact) mass is 166 g/mol. The summed E-state index contributed by atoms with van der Waals surface area (Å²) in [5.74, 6) is -0.361. The van der Waals surface area contributed by atoms with Crippen LogP contribution >= 0.6 is 11.3 Å². The Balaban J connectivity index is 3.04. The predicted molar refractivity (Wildman–Crippen MR) is 45.8 cm³/mol. The quantitative estimate of drug-likeness (QED) is 0.452. The first kappa shape index (κ1) is 8.33. The third-order valence-corrected chi connectivity index (χ3v) is 2.49. The standard InChI is InChI=1S/C7H7BO2S/c1-4-3-11-6(5(4)8)7(9)10-2/h3H,1-2H3. The summed E-state index contributed by atoms with van der Waals surface area (Å²) in [6, 6.07) is 0. The molecule has 0 saturated carbocycles. The van der Waals surface area contributed by atoms with Crippen LogP contribution in [-0.2, 0) is 4.74 Å². The van der Waals surface area contributed by atoms with Gasteiger partial charge in [0.2, 0.25) is 0 Å². The number of rotatable bonds is 1. The van der Waals surface area contributed by atoms with Gasteiger partial charge in [-0.05, 0) is 17.9 Å². The Morgan fingerprint density at radius 1 is 1.73 bits per heavy atom. The van der Waals surface area contributed by atoms with Crippen LogP contribution in [-0.4, -0.2) is 20.9 Å². The van der Waals surface area contributed by atoms with Gasteiger partial charge in [-0.1, -0.05) is 5.46 Å². The van der Waals surface area contributed by atoms with Crippen LogP contribution in [0.5, 0.6) is 0 Å². The molecule has 4 heteroatoms. The van der Waals surface area contributed by atoms with E-state index in [0.29, 0.717) is 10.3 Å². The van der Waals surface area contributed by atoms with Gasteiger partial charge >= 0.3 is 5.97 Å². The third kappa shape index (κ3) is 1.45. The molecule has 0 amide bonds. The minimum atomic E-state index is -0.361. The zero-order valence-corrected chi connectivity index (χ0v) is 7.20. The molecule has 0 N–H and O–H groups in total. The molecule has 0 spiro atoms. The summed E-state index contributed by atoms with van der Waals surface area (Å²) in [5.41, 5.74) is 1.46. The van der Waals surface area contributed by atoms with Crippen molar-refractivity contribution in [2.24, 2.45) is 0 Å². The molecule has 0 fully saturated rings. The molecule has 0 aromatic carbocycles. The van der Waals surface area contributed by atoms with Crippen molar-refractivity contribution in [3.8, 4) is 0 Å². The number of methoxy groups -OCH3 is 1. The summed E-state index contributed by atoms with van der Waals surface area (Å²) >= 11 is 1.31. The van der Waals surface area contributed by atoms with Gasteiger partial charge in [-0.3, -0.25) is 0 Å². The van der Waals surface area contributed by atoms with E-state index in [-0.39, 0.29) is 5.97 Å². The molecule has 11 heavy (non-hydrogen) atoms. The summed E-state index contributed by atoms with van der Waals surface area (Å²) in [4.78, 5) is 11.4. The number of aryl methyl sites for hydroxylation is 1. The highest BCUT2D eigenvalue weighted by Crippen LogP contribution is 2.10. The van der Waals surface area contributed by atoms with Gasteiger partial charge in [0.15, 0.2) is 0 Å². The number of hydrogen-bond acceptors (Lipinski definition) is 3. The van der Waals surface area contributed by atoms with Crippen LogP contribution in [0.3, 0.4) is 0 Å². The number of carbonyl (C=O) groups is 1. The van der Waals surface area contributed by atoms with Crippen LogP contribution in [0.4, 0.5) is 0 Å². The minimum absolute atomic E-state index is 0.361. The topological polar surface area (TPSA) is 26.3 Å². The van der Waals surface area contributed by atoms with Crippen LogP contribution in [0.25, 0.3) is 0 Å². The Morgan fingerprint density at radius 3 is 2.73 bits per heavy atom. The average molecular weight is 166 g/mol. The maximum absolute atomic E-state index is 11.0. The molecule has 0 aliphatic carbocycles. The largest absolute Gasteiger partial charge is 0.465 e. The van der Waals surface area contributed by atoms with Crippen LogP contribution in [0.1, 0.15) is 15.2 Å². The van der Waals surface area contributed by atoms with Gasteiger partial charge < -0.3 is 4.74 Å². The van der Waals surface area contributed by atoms with Crippen molar-refractivity contribution in [2.75, 3.05) is 7.11 Å². The maximum Gasteiger partial charge on any atom is 0.347 e. The number of esters is 1. The molecule has 0 aliphatic rings. The molecule has 1 aromatic heterocycles. The van der Waals surface area contributed by atoms with Crippen molar-refractivity contribution in [1.82, 2.24) is 0 Å². The van der Waals surface area contributed by atoms with Crippen LogP contribution in [0.2, 0.25) is 0 Å². The maximum atomic E-state index is 11.0. The number of carbonyl (C=O) groups excluding carboxylic acids is 1. The molecule has 2 radical (unpaired) electrons. The van der Waals surface area contributed by atoms with Gasteiger partial charge in [-0.25, -0.2) is 4.79 Å². The molecule has 56 valence electrons. The Morgan fingerprint density at radius 2 is 2.36 bits per heavy atom. The Kier molecular flexibility index (Phi) is 2.34. The second-order valence-corrected chi connectivity index (χ2v) is 3.03. The summed E-state index contributed by atoms with van der Waals surface area (Å²) in [6.07, 6.45) is 0. The lowest BCUT2D eigenvalue weighted by Gasteiger charge is -1.96. The van der Waals surface area contributed by atoms with Crippen LogP contribution in [0, 0.1) is 6.92 Å². The minimum Gasteiger partial charge on any atom is -0.465 e. The van der Waals surface area contributed by atoms with E-state index in [1.54, 1.807) is 0 Å². The molecule has 0 saturated heterocycles. The first-order valence-corrected chi connectivity index (χ1v) is 3.96. The summed E-state index contributed by atoms with van der Waals surface area (Å²) < 4.78 is 4.52. The summed E-state index contributed by atoms with van der Waals surface area (Å²) in [7, 11) is 6.93. The van der Waals surface area contributed by atoms with Gasteiger partial charge in [0.25, 0.3) is 0 Å². The molecule has 1 aromatic rings. The smallest absolute Gasteiger partial charge is 0.347 e. The first-order chi connectivity index (χ1) is 5.16. The first-order valence-electron chi connectivity index (χ1n) is 3.08. The molecule has 0 unspecified atom stereocenters. The van der Waals surface area contributed by atoms with Gasteiger partial charge in [0, 0.05) is 0 Å². The van der Waals surface area contributed by atoms with Crippen molar-refractivity contribution in [2.45, 2.75) is 6.92 Å². The van der Waals surface area contributed by atoms with Crippen molar-refractivity contribution in [3.63, 3.8) is 0 Å². The normalized spacial score (nSPS) is 9.64. The van der Waals surface area contributed by atoms with E-state index in [2.05, 4.69) is 4.74 Å². The fraction of sp³-hybridized carbons (Fsp3) is 0.286. The molecular formula is C7H7BO2S. The molecule has 1 rings (SSSR count). The van der Waals surface area contributed by atoms with Crippen molar-refractivity contribution >= 4 is 30.6 Å². The lowest BCUT2D eigenvalue weighted by atomic mass is 9.93. The lowest BCUT2D eigenvalue weighted by molar-refractivity contribution is 0.0607.